The van der Waals surface area contributed by atoms with Gasteiger partial charge in [0, 0.05) is 31.9 Å². The van der Waals surface area contributed by atoms with Gasteiger partial charge in [-0.05, 0) is 43.5 Å². The van der Waals surface area contributed by atoms with Crippen LogP contribution in [0, 0.1) is 0 Å². The molecule has 0 aliphatic carbocycles. The topological polar surface area (TPSA) is 78.7 Å². The number of likely N-dealkylation sites (N-methyl/N-ethyl adjacent to an activating group) is 1. The molecule has 1 aromatic carbocycles. The summed E-state index contributed by atoms with van der Waals surface area (Å²) in [7, 11) is -1.43. The van der Waals surface area contributed by atoms with E-state index in [2.05, 4.69) is 10.2 Å². The largest absolute Gasteiger partial charge is 0.376 e. The minimum atomic E-state index is -3.42. The third-order valence-electron chi connectivity index (χ3n) is 3.22. The molecule has 0 spiro atoms. The van der Waals surface area contributed by atoms with E-state index in [0.717, 1.165) is 13.1 Å². The highest BCUT2D eigenvalue weighted by Gasteiger charge is 2.27. The summed E-state index contributed by atoms with van der Waals surface area (Å²) in [4.78, 5) is 2.40. The Bertz CT molecular complexity index is 578. The molecular formula is C12H18N4O2S2. The number of nitrogens with two attached hydrogens (primary N) is 1. The number of rotatable bonds is 3. The molecule has 2 rings (SSSR count). The molecule has 1 aliphatic heterocycles. The lowest BCUT2D eigenvalue weighted by molar-refractivity contribution is 0.222. The van der Waals surface area contributed by atoms with E-state index in [1.165, 1.54) is 4.31 Å². The number of sulfonamides is 1. The quantitative estimate of drug-likeness (QED) is 0.780. The van der Waals surface area contributed by atoms with Crippen molar-refractivity contribution in [1.82, 2.24) is 9.21 Å². The Balaban J connectivity index is 2.15. The monoisotopic (exact) mass is 314 g/mol. The van der Waals surface area contributed by atoms with Crippen LogP contribution in [0.5, 0.6) is 0 Å². The maximum Gasteiger partial charge on any atom is 0.243 e. The minimum Gasteiger partial charge on any atom is -0.376 e. The van der Waals surface area contributed by atoms with Gasteiger partial charge >= 0.3 is 0 Å². The lowest BCUT2D eigenvalue weighted by Gasteiger charge is -2.31. The van der Waals surface area contributed by atoms with Crippen LogP contribution in [0.25, 0.3) is 0 Å². The molecule has 8 heteroatoms. The number of nitrogens with zero attached hydrogens (tertiary/aromatic N) is 2. The summed E-state index contributed by atoms with van der Waals surface area (Å²) >= 11 is 4.73. The maximum atomic E-state index is 12.5. The normalized spacial score (nSPS) is 17.9. The van der Waals surface area contributed by atoms with Gasteiger partial charge in [0.2, 0.25) is 10.0 Å². The fourth-order valence-corrected chi connectivity index (χ4v) is 3.57. The fraction of sp³-hybridized carbons (Fsp3) is 0.417. The zero-order valence-corrected chi connectivity index (χ0v) is 12.9. The number of anilines is 1. The lowest BCUT2D eigenvalue weighted by Crippen LogP contribution is -2.46. The zero-order valence-electron chi connectivity index (χ0n) is 11.2. The number of thiocarbonyl (C=S) groups is 1. The van der Waals surface area contributed by atoms with Gasteiger partial charge in [0.15, 0.2) is 5.11 Å². The third kappa shape index (κ3) is 3.45. The van der Waals surface area contributed by atoms with E-state index in [-0.39, 0.29) is 10.0 Å². The molecule has 1 saturated heterocycles. The van der Waals surface area contributed by atoms with Gasteiger partial charge in [-0.15, -0.1) is 0 Å². The summed E-state index contributed by atoms with van der Waals surface area (Å²) in [5.41, 5.74) is 6.04. The lowest BCUT2D eigenvalue weighted by atomic mass is 10.3. The van der Waals surface area contributed by atoms with E-state index >= 15 is 0 Å². The molecule has 0 saturated carbocycles. The molecular weight excluding hydrogens is 296 g/mol. The van der Waals surface area contributed by atoms with Gasteiger partial charge in [-0.3, -0.25) is 0 Å². The molecule has 1 heterocycles. The van der Waals surface area contributed by atoms with Gasteiger partial charge in [0.25, 0.3) is 0 Å². The van der Waals surface area contributed by atoms with Crippen LogP contribution in [0.15, 0.2) is 29.2 Å². The Hall–Kier alpha value is -1.22. The molecule has 6 nitrogen and oxygen atoms in total. The second-order valence-corrected chi connectivity index (χ2v) is 7.10. The minimum absolute atomic E-state index is 0.152. The van der Waals surface area contributed by atoms with E-state index in [4.69, 9.17) is 18.0 Å². The highest BCUT2D eigenvalue weighted by atomic mass is 32.2. The van der Waals surface area contributed by atoms with E-state index in [0.29, 0.717) is 18.8 Å². The average Bonchev–Trinajstić information content (AvgIpc) is 2.39. The van der Waals surface area contributed by atoms with E-state index in [1.807, 2.05) is 7.05 Å². The second-order valence-electron chi connectivity index (χ2n) is 4.72. The highest BCUT2D eigenvalue weighted by molar-refractivity contribution is 7.89. The summed E-state index contributed by atoms with van der Waals surface area (Å²) in [6, 6.07) is 6.44. The Morgan fingerprint density at radius 3 is 2.25 bits per heavy atom. The van der Waals surface area contributed by atoms with Gasteiger partial charge in [-0.25, -0.2) is 8.42 Å². The van der Waals surface area contributed by atoms with Crippen LogP contribution in [-0.4, -0.2) is 56.0 Å². The molecule has 20 heavy (non-hydrogen) atoms. The van der Waals surface area contributed by atoms with Crippen molar-refractivity contribution in [2.45, 2.75) is 4.90 Å². The molecule has 110 valence electrons. The summed E-state index contributed by atoms with van der Waals surface area (Å²) in [6.45, 7) is 2.54. The average molecular weight is 314 g/mol. The molecule has 3 N–H and O–H groups in total. The van der Waals surface area contributed by atoms with Gasteiger partial charge in [-0.1, -0.05) is 0 Å². The summed E-state index contributed by atoms with van der Waals surface area (Å²) in [5.74, 6) is 0. The second kappa shape index (κ2) is 6.04. The summed E-state index contributed by atoms with van der Waals surface area (Å²) in [5, 5.41) is 2.92. The van der Waals surface area contributed by atoms with Crippen LogP contribution in [0.2, 0.25) is 0 Å². The predicted molar refractivity (Wildman–Crippen MR) is 83.1 cm³/mol. The molecule has 1 aliphatic rings. The fourth-order valence-electron chi connectivity index (χ4n) is 2.03. The molecule has 1 aromatic rings. The Labute approximate surface area is 124 Å². The van der Waals surface area contributed by atoms with Crippen LogP contribution >= 0.6 is 12.2 Å². The third-order valence-corrected chi connectivity index (χ3v) is 5.24. The number of nitrogens with one attached hydrogen (secondary N) is 1. The van der Waals surface area contributed by atoms with Gasteiger partial charge in [-0.2, -0.15) is 4.31 Å². The Morgan fingerprint density at radius 1 is 1.20 bits per heavy atom. The standard InChI is InChI=1S/C12H18N4O2S2/c1-15-6-8-16(9-7-15)20(17,18)11-4-2-10(3-5-11)14-12(13)19/h2-5H,6-9H2,1H3,(H3,13,14,19). The first-order chi connectivity index (χ1) is 9.39. The maximum absolute atomic E-state index is 12.5. The van der Waals surface area contributed by atoms with Crippen LogP contribution in [0.4, 0.5) is 5.69 Å². The first-order valence-electron chi connectivity index (χ1n) is 6.25. The first-order valence-corrected chi connectivity index (χ1v) is 8.09. The number of benzene rings is 1. The number of hydrogen-bond acceptors (Lipinski definition) is 4. The van der Waals surface area contributed by atoms with Crippen LogP contribution < -0.4 is 11.1 Å². The van der Waals surface area contributed by atoms with Gasteiger partial charge < -0.3 is 16.0 Å². The first kappa shape index (κ1) is 15.2. The van der Waals surface area contributed by atoms with Crippen molar-refractivity contribution in [3.8, 4) is 0 Å². The Morgan fingerprint density at radius 2 is 1.75 bits per heavy atom. The molecule has 0 aromatic heterocycles. The van der Waals surface area contributed by atoms with Gasteiger partial charge in [0.05, 0.1) is 4.90 Å². The molecule has 0 unspecified atom stereocenters. The zero-order chi connectivity index (χ0) is 14.8. The van der Waals surface area contributed by atoms with Gasteiger partial charge in [0.1, 0.15) is 0 Å². The predicted octanol–water partition coefficient (Wildman–Crippen LogP) is 0.278. The molecule has 1 fully saturated rings. The molecule has 0 radical (unpaired) electrons. The SMILES string of the molecule is CN1CCN(S(=O)(=O)c2ccc(NC(N)=S)cc2)CC1. The van der Waals surface area contributed by atoms with Crippen molar-refractivity contribution in [3.63, 3.8) is 0 Å². The van der Waals surface area contributed by atoms with Crippen molar-refractivity contribution in [1.29, 1.82) is 0 Å². The van der Waals surface area contributed by atoms with Crippen molar-refractivity contribution in [2.75, 3.05) is 38.5 Å². The van der Waals surface area contributed by atoms with Crippen molar-refractivity contribution in [3.05, 3.63) is 24.3 Å². The van der Waals surface area contributed by atoms with E-state index < -0.39 is 10.0 Å². The van der Waals surface area contributed by atoms with E-state index in [9.17, 15) is 8.42 Å². The molecule has 0 atom stereocenters. The van der Waals surface area contributed by atoms with Crippen LogP contribution in [-0.2, 0) is 10.0 Å². The summed E-state index contributed by atoms with van der Waals surface area (Å²) in [6.07, 6.45) is 0. The van der Waals surface area contributed by atoms with Crippen molar-refractivity contribution >= 4 is 33.0 Å². The Kier molecular flexibility index (Phi) is 4.59. The smallest absolute Gasteiger partial charge is 0.243 e. The number of hydrogen-bond donors (Lipinski definition) is 2. The molecule has 0 bridgehead atoms. The van der Waals surface area contributed by atoms with Crippen molar-refractivity contribution < 1.29 is 8.42 Å². The van der Waals surface area contributed by atoms with E-state index in [1.54, 1.807) is 24.3 Å². The molecule has 0 amide bonds. The van der Waals surface area contributed by atoms with Crippen LogP contribution in [0.3, 0.4) is 0 Å². The van der Waals surface area contributed by atoms with Crippen molar-refractivity contribution in [2.24, 2.45) is 5.73 Å². The van der Waals surface area contributed by atoms with Crippen LogP contribution in [0.1, 0.15) is 0 Å². The highest BCUT2D eigenvalue weighted by Crippen LogP contribution is 2.19. The number of piperazine rings is 1. The summed E-state index contributed by atoms with van der Waals surface area (Å²) < 4.78 is 26.4.